The minimum absolute atomic E-state index is 0.536. The van der Waals surface area contributed by atoms with Gasteiger partial charge in [-0.25, -0.2) is 0 Å². The fourth-order valence-corrected chi connectivity index (χ4v) is 4.10. The third-order valence-corrected chi connectivity index (χ3v) is 5.33. The monoisotopic (exact) mass is 288 g/mol. The van der Waals surface area contributed by atoms with E-state index in [0.717, 1.165) is 17.5 Å². The van der Waals surface area contributed by atoms with Crippen molar-refractivity contribution >= 4 is 17.3 Å². The molecule has 2 fully saturated rings. The van der Waals surface area contributed by atoms with E-state index in [2.05, 4.69) is 11.4 Å². The van der Waals surface area contributed by atoms with Crippen LogP contribution in [0.3, 0.4) is 0 Å². The van der Waals surface area contributed by atoms with Crippen LogP contribution in [-0.4, -0.2) is 6.04 Å². The van der Waals surface area contributed by atoms with Gasteiger partial charge in [0, 0.05) is 11.7 Å². The third-order valence-electron chi connectivity index (χ3n) is 5.00. The van der Waals surface area contributed by atoms with Crippen LogP contribution in [-0.2, 0) is 0 Å². The molecule has 0 radical (unpaired) electrons. The molecule has 0 bridgehead atoms. The molecule has 0 spiro atoms. The zero-order valence-electron chi connectivity index (χ0n) is 11.7. The number of hydrogen-bond donors (Lipinski definition) is 1. The van der Waals surface area contributed by atoms with E-state index in [1.54, 1.807) is 0 Å². The van der Waals surface area contributed by atoms with Crippen molar-refractivity contribution in [3.05, 3.63) is 28.8 Å². The highest BCUT2D eigenvalue weighted by Crippen LogP contribution is 2.41. The third kappa shape index (κ3) is 2.94. The molecule has 0 heterocycles. The SMILES string of the molecule is N#Cc1cc(NC2CCC3CCCCC3C2)ccc1Cl. The van der Waals surface area contributed by atoms with Gasteiger partial charge in [-0.3, -0.25) is 0 Å². The second-order valence-corrected chi connectivity index (χ2v) is 6.67. The van der Waals surface area contributed by atoms with Gasteiger partial charge in [0.2, 0.25) is 0 Å². The smallest absolute Gasteiger partial charge is 0.101 e. The Hall–Kier alpha value is -1.20. The molecule has 0 aliphatic heterocycles. The summed E-state index contributed by atoms with van der Waals surface area (Å²) < 4.78 is 0. The number of anilines is 1. The summed E-state index contributed by atoms with van der Waals surface area (Å²) in [5.74, 6) is 1.89. The first-order valence-corrected chi connectivity index (χ1v) is 8.10. The fraction of sp³-hybridized carbons (Fsp3) is 0.588. The lowest BCUT2D eigenvalue weighted by Gasteiger charge is -2.39. The summed E-state index contributed by atoms with van der Waals surface area (Å²) >= 11 is 5.98. The first-order valence-electron chi connectivity index (χ1n) is 7.72. The number of rotatable bonds is 2. The molecule has 2 saturated carbocycles. The summed E-state index contributed by atoms with van der Waals surface area (Å²) in [6.45, 7) is 0. The number of nitrogens with one attached hydrogen (secondary N) is 1. The van der Waals surface area contributed by atoms with Gasteiger partial charge in [0.25, 0.3) is 0 Å². The number of nitrogens with zero attached hydrogens (tertiary/aromatic N) is 1. The van der Waals surface area contributed by atoms with Gasteiger partial charge in [-0.2, -0.15) is 5.26 Å². The largest absolute Gasteiger partial charge is 0.382 e. The predicted octanol–water partition coefficient (Wildman–Crippen LogP) is 4.98. The molecule has 0 aromatic heterocycles. The average molecular weight is 289 g/mol. The quantitative estimate of drug-likeness (QED) is 0.833. The molecule has 1 aromatic carbocycles. The number of nitriles is 1. The molecule has 2 aliphatic rings. The lowest BCUT2D eigenvalue weighted by atomic mass is 9.69. The maximum absolute atomic E-state index is 9.04. The normalized spacial score (nSPS) is 29.3. The van der Waals surface area contributed by atoms with E-state index in [1.807, 2.05) is 18.2 Å². The summed E-state index contributed by atoms with van der Waals surface area (Å²) in [5, 5.41) is 13.2. The van der Waals surface area contributed by atoms with Gasteiger partial charge in [0.15, 0.2) is 0 Å². The van der Waals surface area contributed by atoms with Crippen molar-refractivity contribution in [2.75, 3.05) is 5.32 Å². The Morgan fingerprint density at radius 1 is 1.10 bits per heavy atom. The van der Waals surface area contributed by atoms with Gasteiger partial charge in [-0.1, -0.05) is 37.3 Å². The van der Waals surface area contributed by atoms with Crippen molar-refractivity contribution in [1.29, 1.82) is 5.26 Å². The molecule has 20 heavy (non-hydrogen) atoms. The first-order chi connectivity index (χ1) is 9.76. The number of benzene rings is 1. The zero-order chi connectivity index (χ0) is 13.9. The van der Waals surface area contributed by atoms with E-state index in [9.17, 15) is 0 Å². The van der Waals surface area contributed by atoms with Gasteiger partial charge < -0.3 is 5.32 Å². The highest BCUT2D eigenvalue weighted by Gasteiger charge is 2.31. The van der Waals surface area contributed by atoms with E-state index in [-0.39, 0.29) is 0 Å². The van der Waals surface area contributed by atoms with E-state index in [1.165, 1.54) is 44.9 Å². The number of fused-ring (bicyclic) bond motifs is 1. The zero-order valence-corrected chi connectivity index (χ0v) is 12.5. The van der Waals surface area contributed by atoms with E-state index < -0.39 is 0 Å². The topological polar surface area (TPSA) is 35.8 Å². The maximum Gasteiger partial charge on any atom is 0.101 e. The molecule has 0 amide bonds. The first kappa shape index (κ1) is 13.8. The molecule has 3 atom stereocenters. The molecule has 1 aromatic rings. The fourth-order valence-electron chi connectivity index (χ4n) is 3.94. The van der Waals surface area contributed by atoms with Crippen molar-refractivity contribution < 1.29 is 0 Å². The van der Waals surface area contributed by atoms with Gasteiger partial charge in [-0.15, -0.1) is 0 Å². The Labute approximate surface area is 126 Å². The van der Waals surface area contributed by atoms with Crippen molar-refractivity contribution in [2.45, 2.75) is 51.0 Å². The summed E-state index contributed by atoms with van der Waals surface area (Å²) in [6.07, 6.45) is 9.60. The van der Waals surface area contributed by atoms with Crippen molar-refractivity contribution in [1.82, 2.24) is 0 Å². The number of halogens is 1. The Morgan fingerprint density at radius 2 is 1.90 bits per heavy atom. The maximum atomic E-state index is 9.04. The van der Waals surface area contributed by atoms with Crippen LogP contribution < -0.4 is 5.32 Å². The Kier molecular flexibility index (Phi) is 4.17. The van der Waals surface area contributed by atoms with Gasteiger partial charge >= 0.3 is 0 Å². The molecule has 0 saturated heterocycles. The van der Waals surface area contributed by atoms with Crippen LogP contribution in [0.25, 0.3) is 0 Å². The molecular weight excluding hydrogens is 268 g/mol. The van der Waals surface area contributed by atoms with Crippen LogP contribution in [0.4, 0.5) is 5.69 Å². The van der Waals surface area contributed by atoms with Gasteiger partial charge in [0.05, 0.1) is 10.6 Å². The molecular formula is C17H21ClN2. The molecule has 106 valence electrons. The Morgan fingerprint density at radius 3 is 2.70 bits per heavy atom. The van der Waals surface area contributed by atoms with Gasteiger partial charge in [0.1, 0.15) is 6.07 Å². The number of hydrogen-bond acceptors (Lipinski definition) is 2. The molecule has 3 unspecified atom stereocenters. The van der Waals surface area contributed by atoms with E-state index in [4.69, 9.17) is 16.9 Å². The van der Waals surface area contributed by atoms with E-state index >= 15 is 0 Å². The molecule has 3 heteroatoms. The molecule has 3 rings (SSSR count). The lowest BCUT2D eigenvalue weighted by molar-refractivity contribution is 0.162. The van der Waals surface area contributed by atoms with Crippen LogP contribution in [0.2, 0.25) is 5.02 Å². The minimum Gasteiger partial charge on any atom is -0.382 e. The van der Waals surface area contributed by atoms with E-state index in [0.29, 0.717) is 16.6 Å². The molecule has 1 N–H and O–H groups in total. The van der Waals surface area contributed by atoms with Crippen molar-refractivity contribution in [3.8, 4) is 6.07 Å². The average Bonchev–Trinajstić information content (AvgIpc) is 2.49. The summed E-state index contributed by atoms with van der Waals surface area (Å²) in [6, 6.07) is 8.37. The molecule has 2 nitrogen and oxygen atoms in total. The Bertz CT molecular complexity index is 520. The van der Waals surface area contributed by atoms with Gasteiger partial charge in [-0.05, 0) is 49.3 Å². The second-order valence-electron chi connectivity index (χ2n) is 6.27. The summed E-state index contributed by atoms with van der Waals surface area (Å²) in [5.41, 5.74) is 1.59. The Balaban J connectivity index is 1.65. The standard InChI is InChI=1S/C17H21ClN2/c18-17-8-7-16(10-14(17)11-19)20-15-6-5-12-3-1-2-4-13(12)9-15/h7-8,10,12-13,15,20H,1-6,9H2. The van der Waals surface area contributed by atoms with Crippen LogP contribution in [0.15, 0.2) is 18.2 Å². The lowest BCUT2D eigenvalue weighted by Crippen LogP contribution is -2.34. The van der Waals surface area contributed by atoms with Crippen LogP contribution >= 0.6 is 11.6 Å². The van der Waals surface area contributed by atoms with Crippen LogP contribution in [0.1, 0.15) is 50.5 Å². The second kappa shape index (κ2) is 6.06. The van der Waals surface area contributed by atoms with Crippen LogP contribution in [0, 0.1) is 23.2 Å². The summed E-state index contributed by atoms with van der Waals surface area (Å²) in [4.78, 5) is 0. The molecule has 2 aliphatic carbocycles. The minimum atomic E-state index is 0.536. The van der Waals surface area contributed by atoms with Crippen molar-refractivity contribution in [2.24, 2.45) is 11.8 Å². The summed E-state index contributed by atoms with van der Waals surface area (Å²) in [7, 11) is 0. The van der Waals surface area contributed by atoms with Crippen molar-refractivity contribution in [3.63, 3.8) is 0 Å². The predicted molar refractivity (Wildman–Crippen MR) is 82.9 cm³/mol. The highest BCUT2D eigenvalue weighted by molar-refractivity contribution is 6.31. The highest BCUT2D eigenvalue weighted by atomic mass is 35.5. The van der Waals surface area contributed by atoms with Crippen LogP contribution in [0.5, 0.6) is 0 Å².